The van der Waals surface area contributed by atoms with Gasteiger partial charge >= 0.3 is 0 Å². The average molecular weight is 282 g/mol. The highest BCUT2D eigenvalue weighted by atomic mass is 19.1. The minimum atomic E-state index is -0.664. The number of hydrogen-bond donors (Lipinski definition) is 1. The lowest BCUT2D eigenvalue weighted by Gasteiger charge is -2.28. The largest absolute Gasteiger partial charge is 0.344 e. The molecule has 1 aromatic rings. The molecule has 1 amide bonds. The molecule has 1 heterocycles. The van der Waals surface area contributed by atoms with E-state index in [-0.39, 0.29) is 17.9 Å². The highest BCUT2D eigenvalue weighted by molar-refractivity contribution is 5.78. The van der Waals surface area contributed by atoms with Gasteiger partial charge in [0, 0.05) is 25.7 Å². The number of halogens is 2. The Balaban J connectivity index is 1.89. The lowest BCUT2D eigenvalue weighted by molar-refractivity contribution is -0.129. The molecule has 110 valence electrons. The topological polar surface area (TPSA) is 32.3 Å². The monoisotopic (exact) mass is 282 g/mol. The molecule has 0 saturated carbocycles. The number of nitrogens with zero attached hydrogens (tertiary/aromatic N) is 1. The Morgan fingerprint density at radius 3 is 2.85 bits per heavy atom. The van der Waals surface area contributed by atoms with Gasteiger partial charge in [0.05, 0.1) is 6.42 Å². The molecular weight excluding hydrogens is 262 g/mol. The first-order valence-electron chi connectivity index (χ1n) is 6.97. The molecule has 2 rings (SSSR count). The zero-order valence-electron chi connectivity index (χ0n) is 11.7. The van der Waals surface area contributed by atoms with Crippen molar-refractivity contribution < 1.29 is 13.6 Å². The van der Waals surface area contributed by atoms with E-state index >= 15 is 0 Å². The van der Waals surface area contributed by atoms with Crippen LogP contribution in [0.1, 0.15) is 24.8 Å². The van der Waals surface area contributed by atoms with Crippen LogP contribution in [-0.2, 0) is 11.2 Å². The molecule has 1 aliphatic rings. The Hall–Kier alpha value is -1.49. The maximum atomic E-state index is 13.5. The molecule has 1 N–H and O–H groups in total. The summed E-state index contributed by atoms with van der Waals surface area (Å²) in [5.74, 6) is -1.44. The molecular formula is C15H20F2N2O. The fourth-order valence-corrected chi connectivity index (χ4v) is 2.48. The van der Waals surface area contributed by atoms with Crippen molar-refractivity contribution in [3.05, 3.63) is 35.4 Å². The van der Waals surface area contributed by atoms with E-state index in [0.29, 0.717) is 12.6 Å². The molecule has 0 spiro atoms. The number of carbonyl (C=O) groups excluding carboxylic acids is 1. The maximum absolute atomic E-state index is 13.5. The Morgan fingerprint density at radius 2 is 2.20 bits per heavy atom. The van der Waals surface area contributed by atoms with E-state index in [9.17, 15) is 13.6 Å². The van der Waals surface area contributed by atoms with Crippen molar-refractivity contribution >= 4 is 5.91 Å². The number of carbonyl (C=O) groups is 1. The smallest absolute Gasteiger partial charge is 0.226 e. The van der Waals surface area contributed by atoms with Crippen LogP contribution in [0.25, 0.3) is 0 Å². The van der Waals surface area contributed by atoms with Gasteiger partial charge in [0.25, 0.3) is 0 Å². The molecule has 3 nitrogen and oxygen atoms in total. The molecule has 5 heteroatoms. The molecule has 1 unspecified atom stereocenters. The Kier molecular flexibility index (Phi) is 5.06. The highest BCUT2D eigenvalue weighted by Crippen LogP contribution is 2.12. The number of rotatable bonds is 4. The van der Waals surface area contributed by atoms with Crippen LogP contribution in [0.15, 0.2) is 18.2 Å². The third-order valence-corrected chi connectivity index (χ3v) is 3.69. The summed E-state index contributed by atoms with van der Waals surface area (Å²) in [6, 6.07) is 3.63. The number of amides is 1. The second-order valence-electron chi connectivity index (χ2n) is 5.33. The summed E-state index contributed by atoms with van der Waals surface area (Å²) in [5, 5.41) is 3.37. The first kappa shape index (κ1) is 14.9. The molecule has 0 aromatic heterocycles. The lowest BCUT2D eigenvalue weighted by Crippen LogP contribution is -2.44. The van der Waals surface area contributed by atoms with Crippen LogP contribution in [0, 0.1) is 11.6 Å². The summed E-state index contributed by atoms with van der Waals surface area (Å²) in [6.07, 6.45) is 3.37. The molecule has 1 saturated heterocycles. The normalized spacial score (nSPS) is 18.9. The van der Waals surface area contributed by atoms with Crippen LogP contribution in [-0.4, -0.2) is 37.0 Å². The molecule has 0 radical (unpaired) electrons. The fourth-order valence-electron chi connectivity index (χ4n) is 2.48. The van der Waals surface area contributed by atoms with E-state index in [2.05, 4.69) is 5.32 Å². The van der Waals surface area contributed by atoms with Gasteiger partial charge in [-0.05, 0) is 31.0 Å². The molecule has 1 fully saturated rings. The molecule has 1 aromatic carbocycles. The number of piperidine rings is 1. The van der Waals surface area contributed by atoms with Crippen molar-refractivity contribution in [3.8, 4) is 0 Å². The summed E-state index contributed by atoms with van der Waals surface area (Å²) in [5.41, 5.74) is 0.236. The van der Waals surface area contributed by atoms with E-state index in [0.717, 1.165) is 19.0 Å². The standard InChI is InChI=1S/C15H20F2N2O/c1-19(10-13-4-2-3-7-18-13)15(20)8-11-5-6-12(16)9-14(11)17/h5-6,9,13,18H,2-4,7-8,10H2,1H3. The first-order chi connectivity index (χ1) is 9.56. The van der Waals surface area contributed by atoms with Crippen LogP contribution in [0.5, 0.6) is 0 Å². The molecule has 20 heavy (non-hydrogen) atoms. The van der Waals surface area contributed by atoms with Gasteiger partial charge in [-0.1, -0.05) is 12.5 Å². The quantitative estimate of drug-likeness (QED) is 0.917. The van der Waals surface area contributed by atoms with Gasteiger partial charge in [0.2, 0.25) is 5.91 Å². The Morgan fingerprint density at radius 1 is 1.40 bits per heavy atom. The fraction of sp³-hybridized carbons (Fsp3) is 0.533. The second-order valence-corrected chi connectivity index (χ2v) is 5.33. The summed E-state index contributed by atoms with van der Waals surface area (Å²) in [4.78, 5) is 13.7. The van der Waals surface area contributed by atoms with Crippen molar-refractivity contribution in [1.82, 2.24) is 10.2 Å². The van der Waals surface area contributed by atoms with Crippen molar-refractivity contribution in [1.29, 1.82) is 0 Å². The third kappa shape index (κ3) is 4.00. The lowest BCUT2D eigenvalue weighted by atomic mass is 10.0. The molecule has 0 aliphatic carbocycles. The van der Waals surface area contributed by atoms with Gasteiger partial charge in [-0.15, -0.1) is 0 Å². The van der Waals surface area contributed by atoms with Gasteiger partial charge in [0.1, 0.15) is 11.6 Å². The molecule has 1 atom stereocenters. The summed E-state index contributed by atoms with van der Waals surface area (Å²) in [6.45, 7) is 1.61. The highest BCUT2D eigenvalue weighted by Gasteiger charge is 2.18. The van der Waals surface area contributed by atoms with Crippen molar-refractivity contribution in [2.75, 3.05) is 20.1 Å². The number of benzene rings is 1. The Bertz CT molecular complexity index is 473. The first-order valence-corrected chi connectivity index (χ1v) is 6.97. The molecule has 1 aliphatic heterocycles. The van der Waals surface area contributed by atoms with Crippen LogP contribution in [0.3, 0.4) is 0 Å². The SMILES string of the molecule is CN(CC1CCCCN1)C(=O)Cc1ccc(F)cc1F. The van der Waals surface area contributed by atoms with E-state index in [1.54, 1.807) is 11.9 Å². The summed E-state index contributed by atoms with van der Waals surface area (Å²) in [7, 11) is 1.72. The van der Waals surface area contributed by atoms with E-state index < -0.39 is 11.6 Å². The molecule has 0 bridgehead atoms. The van der Waals surface area contributed by atoms with Crippen LogP contribution >= 0.6 is 0 Å². The summed E-state index contributed by atoms with van der Waals surface area (Å²) < 4.78 is 26.3. The van der Waals surface area contributed by atoms with Crippen LogP contribution < -0.4 is 5.32 Å². The minimum absolute atomic E-state index is 0.0324. The number of nitrogens with one attached hydrogen (secondary N) is 1. The van der Waals surface area contributed by atoms with Crippen molar-refractivity contribution in [2.24, 2.45) is 0 Å². The van der Waals surface area contributed by atoms with Gasteiger partial charge in [-0.25, -0.2) is 8.78 Å². The summed E-state index contributed by atoms with van der Waals surface area (Å²) >= 11 is 0. The van der Waals surface area contributed by atoms with Gasteiger partial charge in [-0.3, -0.25) is 4.79 Å². The maximum Gasteiger partial charge on any atom is 0.226 e. The Labute approximate surface area is 118 Å². The van der Waals surface area contributed by atoms with Crippen LogP contribution in [0.2, 0.25) is 0 Å². The predicted molar refractivity (Wildman–Crippen MR) is 73.3 cm³/mol. The number of hydrogen-bond acceptors (Lipinski definition) is 2. The van der Waals surface area contributed by atoms with Gasteiger partial charge in [0.15, 0.2) is 0 Å². The predicted octanol–water partition coefficient (Wildman–Crippen LogP) is 2.11. The van der Waals surface area contributed by atoms with Gasteiger partial charge in [-0.2, -0.15) is 0 Å². The number of likely N-dealkylation sites (N-methyl/N-ethyl adjacent to an activating group) is 1. The van der Waals surface area contributed by atoms with E-state index in [4.69, 9.17) is 0 Å². The van der Waals surface area contributed by atoms with E-state index in [1.165, 1.54) is 25.0 Å². The van der Waals surface area contributed by atoms with Crippen LogP contribution in [0.4, 0.5) is 8.78 Å². The zero-order valence-corrected chi connectivity index (χ0v) is 11.7. The second kappa shape index (κ2) is 6.79. The van der Waals surface area contributed by atoms with Crippen molar-refractivity contribution in [3.63, 3.8) is 0 Å². The zero-order chi connectivity index (χ0) is 14.5. The van der Waals surface area contributed by atoms with Crippen molar-refractivity contribution in [2.45, 2.75) is 31.7 Å². The average Bonchev–Trinajstić information content (AvgIpc) is 2.43. The van der Waals surface area contributed by atoms with E-state index in [1.807, 2.05) is 0 Å². The third-order valence-electron chi connectivity index (χ3n) is 3.69. The van der Waals surface area contributed by atoms with Gasteiger partial charge < -0.3 is 10.2 Å². The minimum Gasteiger partial charge on any atom is -0.344 e.